The van der Waals surface area contributed by atoms with E-state index < -0.39 is 11.9 Å². The number of fused-ring (bicyclic) bond motifs is 1. The van der Waals surface area contributed by atoms with Gasteiger partial charge in [-0.2, -0.15) is 0 Å². The third kappa shape index (κ3) is 4.17. The van der Waals surface area contributed by atoms with Crippen LogP contribution in [0.1, 0.15) is 27.7 Å². The first-order valence-electron chi connectivity index (χ1n) is 8.35. The molecular formula is C20H22ClNO4. The van der Waals surface area contributed by atoms with Gasteiger partial charge >= 0.3 is 11.9 Å². The second-order valence-corrected chi connectivity index (χ2v) is 6.29. The van der Waals surface area contributed by atoms with Crippen molar-refractivity contribution in [3.05, 3.63) is 41.4 Å². The van der Waals surface area contributed by atoms with E-state index in [9.17, 15) is 9.59 Å². The summed E-state index contributed by atoms with van der Waals surface area (Å²) in [6.45, 7) is 11.9. The van der Waals surface area contributed by atoms with Crippen molar-refractivity contribution in [3.63, 3.8) is 0 Å². The number of ether oxygens (including phenoxy) is 2. The van der Waals surface area contributed by atoms with E-state index in [0.29, 0.717) is 51.6 Å². The minimum atomic E-state index is -0.519. The summed E-state index contributed by atoms with van der Waals surface area (Å²) in [5.41, 5.74) is 0.956. The highest BCUT2D eigenvalue weighted by molar-refractivity contribution is 6.31. The molecule has 138 valence electrons. The lowest BCUT2D eigenvalue weighted by Crippen LogP contribution is -2.23. The van der Waals surface area contributed by atoms with Crippen molar-refractivity contribution in [1.82, 2.24) is 0 Å². The standard InChI is InChI=1S/C20H22ClNO4/c1-6-22(7-2)17-11-18(25-13(5)23)16-10-14(21)8-9-15(16)19(17)26-20(24)12(3)4/h8-11H,3,6-7H2,1-2,4-5H3. The molecule has 0 aliphatic heterocycles. The molecule has 0 aliphatic carbocycles. The summed E-state index contributed by atoms with van der Waals surface area (Å²) in [6, 6.07) is 6.83. The Morgan fingerprint density at radius 1 is 1.08 bits per heavy atom. The molecule has 0 unspecified atom stereocenters. The van der Waals surface area contributed by atoms with Crippen LogP contribution in [0.4, 0.5) is 5.69 Å². The third-order valence-corrected chi connectivity index (χ3v) is 4.13. The van der Waals surface area contributed by atoms with Crippen LogP contribution in [0.3, 0.4) is 0 Å². The Bertz CT molecular complexity index is 872. The molecule has 2 aromatic rings. The zero-order chi connectivity index (χ0) is 19.4. The predicted molar refractivity (Wildman–Crippen MR) is 104 cm³/mol. The number of esters is 2. The first-order valence-corrected chi connectivity index (χ1v) is 8.73. The van der Waals surface area contributed by atoms with Crippen molar-refractivity contribution in [1.29, 1.82) is 0 Å². The molecule has 0 aromatic heterocycles. The minimum absolute atomic E-state index is 0.293. The Balaban J connectivity index is 2.82. The van der Waals surface area contributed by atoms with Gasteiger partial charge in [0, 0.05) is 47.4 Å². The molecule has 0 saturated heterocycles. The van der Waals surface area contributed by atoms with E-state index >= 15 is 0 Å². The van der Waals surface area contributed by atoms with Gasteiger partial charge in [0.05, 0.1) is 5.69 Å². The third-order valence-electron chi connectivity index (χ3n) is 3.89. The normalized spacial score (nSPS) is 10.5. The van der Waals surface area contributed by atoms with E-state index in [1.165, 1.54) is 6.92 Å². The number of nitrogens with zero attached hydrogens (tertiary/aromatic N) is 1. The van der Waals surface area contributed by atoms with E-state index in [-0.39, 0.29) is 0 Å². The zero-order valence-corrected chi connectivity index (χ0v) is 16.1. The highest BCUT2D eigenvalue weighted by Crippen LogP contribution is 2.43. The summed E-state index contributed by atoms with van der Waals surface area (Å²) in [5, 5.41) is 1.71. The molecule has 0 N–H and O–H groups in total. The van der Waals surface area contributed by atoms with Crippen molar-refractivity contribution < 1.29 is 19.1 Å². The van der Waals surface area contributed by atoms with Crippen molar-refractivity contribution in [2.75, 3.05) is 18.0 Å². The number of carbonyl (C=O) groups excluding carboxylic acids is 2. The molecule has 2 aromatic carbocycles. The molecule has 0 aliphatic rings. The maximum atomic E-state index is 12.2. The first kappa shape index (κ1) is 19.8. The molecule has 0 amide bonds. The van der Waals surface area contributed by atoms with Crippen LogP contribution in [0.15, 0.2) is 36.4 Å². The molecule has 5 nitrogen and oxygen atoms in total. The number of hydrogen-bond donors (Lipinski definition) is 0. The Labute approximate surface area is 158 Å². The van der Waals surface area contributed by atoms with Crippen molar-refractivity contribution in [2.45, 2.75) is 27.7 Å². The Morgan fingerprint density at radius 3 is 2.27 bits per heavy atom. The van der Waals surface area contributed by atoms with Crippen LogP contribution < -0.4 is 14.4 Å². The molecule has 0 radical (unpaired) electrons. The Morgan fingerprint density at radius 2 is 1.73 bits per heavy atom. The topological polar surface area (TPSA) is 55.8 Å². The molecule has 0 fully saturated rings. The highest BCUT2D eigenvalue weighted by Gasteiger charge is 2.21. The molecule has 0 bridgehead atoms. The SMILES string of the molecule is C=C(C)C(=O)Oc1c(N(CC)CC)cc(OC(C)=O)c2cc(Cl)ccc12. The van der Waals surface area contributed by atoms with Gasteiger partial charge in [-0.3, -0.25) is 4.79 Å². The quantitative estimate of drug-likeness (QED) is 0.414. The van der Waals surface area contributed by atoms with Gasteiger partial charge in [0.15, 0.2) is 5.75 Å². The molecule has 0 heterocycles. The predicted octanol–water partition coefficient (Wildman–Crippen LogP) is 4.75. The largest absolute Gasteiger partial charge is 0.426 e. The number of anilines is 1. The number of hydrogen-bond acceptors (Lipinski definition) is 5. The maximum absolute atomic E-state index is 12.2. The molecule has 26 heavy (non-hydrogen) atoms. The van der Waals surface area contributed by atoms with E-state index in [1.54, 1.807) is 31.2 Å². The van der Waals surface area contributed by atoms with Crippen LogP contribution in [-0.4, -0.2) is 25.0 Å². The average molecular weight is 376 g/mol. The van der Waals surface area contributed by atoms with Gasteiger partial charge in [-0.25, -0.2) is 4.79 Å². The summed E-state index contributed by atoms with van der Waals surface area (Å²) < 4.78 is 11.0. The molecular weight excluding hydrogens is 354 g/mol. The lowest BCUT2D eigenvalue weighted by atomic mass is 10.1. The molecule has 2 rings (SSSR count). The molecule has 6 heteroatoms. The number of rotatable bonds is 6. The van der Waals surface area contributed by atoms with Gasteiger partial charge in [-0.1, -0.05) is 18.2 Å². The first-order chi connectivity index (χ1) is 12.3. The molecule has 0 spiro atoms. The van der Waals surface area contributed by atoms with Gasteiger partial charge in [0.2, 0.25) is 0 Å². The number of carbonyl (C=O) groups is 2. The van der Waals surface area contributed by atoms with Crippen LogP contribution in [0, 0.1) is 0 Å². The minimum Gasteiger partial charge on any atom is -0.426 e. The monoisotopic (exact) mass is 375 g/mol. The fraction of sp³-hybridized carbons (Fsp3) is 0.300. The van der Waals surface area contributed by atoms with E-state index in [1.807, 2.05) is 18.7 Å². The Hall–Kier alpha value is -2.53. The van der Waals surface area contributed by atoms with Gasteiger partial charge in [-0.15, -0.1) is 0 Å². The van der Waals surface area contributed by atoms with Crippen molar-refractivity contribution in [3.8, 4) is 11.5 Å². The van der Waals surface area contributed by atoms with Gasteiger partial charge in [0.1, 0.15) is 5.75 Å². The fourth-order valence-electron chi connectivity index (χ4n) is 2.65. The Kier molecular flexibility index (Phi) is 6.27. The van der Waals surface area contributed by atoms with E-state index in [4.69, 9.17) is 21.1 Å². The van der Waals surface area contributed by atoms with Crippen molar-refractivity contribution >= 4 is 40.0 Å². The summed E-state index contributed by atoms with van der Waals surface area (Å²) in [6.07, 6.45) is 0. The van der Waals surface area contributed by atoms with Gasteiger partial charge in [-0.05, 0) is 39.0 Å². The van der Waals surface area contributed by atoms with Crippen LogP contribution in [-0.2, 0) is 9.59 Å². The lowest BCUT2D eigenvalue weighted by Gasteiger charge is -2.25. The summed E-state index contributed by atoms with van der Waals surface area (Å²) in [7, 11) is 0. The maximum Gasteiger partial charge on any atom is 0.338 e. The number of halogens is 1. The van der Waals surface area contributed by atoms with E-state index in [0.717, 1.165) is 0 Å². The van der Waals surface area contributed by atoms with Crippen LogP contribution in [0.2, 0.25) is 5.02 Å². The molecule has 0 atom stereocenters. The van der Waals surface area contributed by atoms with Crippen LogP contribution >= 0.6 is 11.6 Å². The van der Waals surface area contributed by atoms with Crippen LogP contribution in [0.25, 0.3) is 10.8 Å². The van der Waals surface area contributed by atoms with Crippen LogP contribution in [0.5, 0.6) is 11.5 Å². The second kappa shape index (κ2) is 8.23. The highest BCUT2D eigenvalue weighted by atomic mass is 35.5. The van der Waals surface area contributed by atoms with E-state index in [2.05, 4.69) is 6.58 Å². The second-order valence-electron chi connectivity index (χ2n) is 5.85. The van der Waals surface area contributed by atoms with Gasteiger partial charge < -0.3 is 14.4 Å². The summed E-state index contributed by atoms with van der Waals surface area (Å²) >= 11 is 6.12. The fourth-order valence-corrected chi connectivity index (χ4v) is 2.82. The summed E-state index contributed by atoms with van der Waals surface area (Å²) in [4.78, 5) is 25.7. The van der Waals surface area contributed by atoms with Gasteiger partial charge in [0.25, 0.3) is 0 Å². The molecule has 0 saturated carbocycles. The van der Waals surface area contributed by atoms with Crippen molar-refractivity contribution in [2.24, 2.45) is 0 Å². The zero-order valence-electron chi connectivity index (χ0n) is 15.4. The number of benzene rings is 2. The lowest BCUT2D eigenvalue weighted by molar-refractivity contribution is -0.132. The average Bonchev–Trinajstić information content (AvgIpc) is 2.58. The smallest absolute Gasteiger partial charge is 0.338 e. The summed E-state index contributed by atoms with van der Waals surface area (Å²) in [5.74, 6) is -0.199.